The maximum absolute atomic E-state index is 5.79. The van der Waals surface area contributed by atoms with Crippen molar-refractivity contribution in [3.8, 4) is 0 Å². The maximum atomic E-state index is 5.79. The van der Waals surface area contributed by atoms with Gasteiger partial charge in [0.2, 0.25) is 0 Å². The fourth-order valence-corrected chi connectivity index (χ4v) is 1.26. The van der Waals surface area contributed by atoms with Crippen molar-refractivity contribution >= 4 is 35.8 Å². The Morgan fingerprint density at radius 1 is 1.33 bits per heavy atom. The number of halogens is 1. The predicted molar refractivity (Wildman–Crippen MR) is 49.9 cm³/mol. The summed E-state index contributed by atoms with van der Waals surface area (Å²) in [7, 11) is 5.55. The lowest BCUT2D eigenvalue weighted by Gasteiger charge is -1.98. The van der Waals surface area contributed by atoms with E-state index in [0.717, 1.165) is 5.39 Å². The van der Waals surface area contributed by atoms with Gasteiger partial charge in [0, 0.05) is 17.8 Å². The largest absolute Gasteiger partial charge is 0.254 e. The van der Waals surface area contributed by atoms with Gasteiger partial charge >= 0.3 is 0 Å². The SMILES string of the molecule is [B]c1cnc2c(Cl)nccc2c1. The zero-order chi connectivity index (χ0) is 8.55. The zero-order valence-electron chi connectivity index (χ0n) is 6.16. The number of hydrogen-bond donors (Lipinski definition) is 0. The summed E-state index contributed by atoms with van der Waals surface area (Å²) in [5.41, 5.74) is 1.32. The van der Waals surface area contributed by atoms with Gasteiger partial charge in [-0.05, 0) is 6.07 Å². The average molecular weight is 174 g/mol. The van der Waals surface area contributed by atoms with Crippen molar-refractivity contribution in [1.82, 2.24) is 9.97 Å². The Balaban J connectivity index is 2.86. The van der Waals surface area contributed by atoms with Crippen molar-refractivity contribution in [2.75, 3.05) is 0 Å². The summed E-state index contributed by atoms with van der Waals surface area (Å²) >= 11 is 5.79. The Labute approximate surface area is 76.0 Å². The molecule has 2 radical (unpaired) electrons. The summed E-state index contributed by atoms with van der Waals surface area (Å²) in [6.45, 7) is 0. The fraction of sp³-hybridized carbons (Fsp3) is 0. The summed E-state index contributed by atoms with van der Waals surface area (Å²) < 4.78 is 0. The highest BCUT2D eigenvalue weighted by atomic mass is 35.5. The Bertz CT molecular complexity index is 430. The molecular weight excluding hydrogens is 170 g/mol. The first-order chi connectivity index (χ1) is 5.77. The molecule has 0 saturated heterocycles. The highest BCUT2D eigenvalue weighted by Gasteiger charge is 1.99. The van der Waals surface area contributed by atoms with E-state index in [2.05, 4.69) is 9.97 Å². The van der Waals surface area contributed by atoms with Crippen LogP contribution < -0.4 is 5.46 Å². The summed E-state index contributed by atoms with van der Waals surface area (Å²) in [6, 6.07) is 3.64. The third-order valence-electron chi connectivity index (χ3n) is 1.58. The first-order valence-corrected chi connectivity index (χ1v) is 3.81. The highest BCUT2D eigenvalue weighted by molar-refractivity contribution is 6.35. The molecule has 12 heavy (non-hydrogen) atoms. The van der Waals surface area contributed by atoms with Crippen LogP contribution in [0.5, 0.6) is 0 Å². The molecule has 56 valence electrons. The van der Waals surface area contributed by atoms with Gasteiger partial charge in [0.25, 0.3) is 0 Å². The number of nitrogens with zero attached hydrogens (tertiary/aromatic N) is 2. The molecule has 2 rings (SSSR count). The van der Waals surface area contributed by atoms with Gasteiger partial charge < -0.3 is 0 Å². The van der Waals surface area contributed by atoms with Crippen LogP contribution in [0.25, 0.3) is 10.9 Å². The average Bonchev–Trinajstić information content (AvgIpc) is 2.04. The van der Waals surface area contributed by atoms with Crippen LogP contribution in [0.2, 0.25) is 5.15 Å². The van der Waals surface area contributed by atoms with E-state index in [4.69, 9.17) is 19.4 Å². The van der Waals surface area contributed by atoms with Crippen molar-refractivity contribution in [2.45, 2.75) is 0 Å². The van der Waals surface area contributed by atoms with Gasteiger partial charge in [0.15, 0.2) is 5.15 Å². The smallest absolute Gasteiger partial charge is 0.155 e. The molecule has 4 heteroatoms. The van der Waals surface area contributed by atoms with Crippen LogP contribution in [0, 0.1) is 0 Å². The number of fused-ring (bicyclic) bond motifs is 1. The Kier molecular flexibility index (Phi) is 1.73. The molecule has 0 aliphatic heterocycles. The van der Waals surface area contributed by atoms with Crippen molar-refractivity contribution in [1.29, 1.82) is 0 Å². The molecule has 2 aromatic rings. The standard InChI is InChI=1S/C8H4BClN2/c9-6-3-5-1-2-11-8(10)7(5)12-4-6/h1-4H. The van der Waals surface area contributed by atoms with Gasteiger partial charge in [-0.15, -0.1) is 0 Å². The van der Waals surface area contributed by atoms with Crippen molar-refractivity contribution in [2.24, 2.45) is 0 Å². The van der Waals surface area contributed by atoms with E-state index in [1.807, 2.05) is 12.1 Å². The summed E-state index contributed by atoms with van der Waals surface area (Å²) in [5.74, 6) is 0. The lowest BCUT2D eigenvalue weighted by atomic mass is 9.97. The van der Waals surface area contributed by atoms with E-state index in [1.165, 1.54) is 0 Å². The summed E-state index contributed by atoms with van der Waals surface area (Å²) in [5, 5.41) is 1.32. The quantitative estimate of drug-likeness (QED) is 0.441. The number of aromatic nitrogens is 2. The Morgan fingerprint density at radius 2 is 2.17 bits per heavy atom. The highest BCUT2D eigenvalue weighted by Crippen LogP contribution is 2.16. The van der Waals surface area contributed by atoms with Crippen LogP contribution >= 0.6 is 11.6 Å². The van der Waals surface area contributed by atoms with E-state index < -0.39 is 0 Å². The summed E-state index contributed by atoms with van der Waals surface area (Å²) in [6.07, 6.45) is 3.20. The van der Waals surface area contributed by atoms with E-state index in [9.17, 15) is 0 Å². The molecule has 0 aliphatic carbocycles. The van der Waals surface area contributed by atoms with Gasteiger partial charge in [-0.2, -0.15) is 0 Å². The predicted octanol–water partition coefficient (Wildman–Crippen LogP) is 1.08. The van der Waals surface area contributed by atoms with Crippen LogP contribution in [0.4, 0.5) is 0 Å². The van der Waals surface area contributed by atoms with E-state index in [-0.39, 0.29) is 0 Å². The topological polar surface area (TPSA) is 25.8 Å². The first-order valence-electron chi connectivity index (χ1n) is 3.43. The fourth-order valence-electron chi connectivity index (χ4n) is 1.04. The van der Waals surface area contributed by atoms with Gasteiger partial charge in [-0.3, -0.25) is 4.98 Å². The molecule has 0 N–H and O–H groups in total. The van der Waals surface area contributed by atoms with E-state index >= 15 is 0 Å². The van der Waals surface area contributed by atoms with Gasteiger partial charge in [-0.25, -0.2) is 4.98 Å². The van der Waals surface area contributed by atoms with Gasteiger partial charge in [0.05, 0.1) is 0 Å². The van der Waals surface area contributed by atoms with Crippen LogP contribution in [0.3, 0.4) is 0 Å². The van der Waals surface area contributed by atoms with E-state index in [0.29, 0.717) is 16.1 Å². The summed E-state index contributed by atoms with van der Waals surface area (Å²) in [4.78, 5) is 7.96. The number of hydrogen-bond acceptors (Lipinski definition) is 2. The van der Waals surface area contributed by atoms with Crippen LogP contribution in [-0.4, -0.2) is 17.8 Å². The Morgan fingerprint density at radius 3 is 3.00 bits per heavy atom. The van der Waals surface area contributed by atoms with Crippen LogP contribution in [0.15, 0.2) is 24.5 Å². The molecule has 0 aliphatic rings. The molecule has 0 unspecified atom stereocenters. The second-order valence-corrected chi connectivity index (χ2v) is 2.80. The molecular formula is C8H4BClN2. The molecule has 0 atom stereocenters. The third kappa shape index (κ3) is 1.16. The molecule has 2 aromatic heterocycles. The lowest BCUT2D eigenvalue weighted by molar-refractivity contribution is 1.32. The van der Waals surface area contributed by atoms with Crippen LogP contribution in [-0.2, 0) is 0 Å². The van der Waals surface area contributed by atoms with Gasteiger partial charge in [0.1, 0.15) is 13.4 Å². The normalized spacial score (nSPS) is 10.4. The second kappa shape index (κ2) is 2.75. The number of rotatable bonds is 0. The van der Waals surface area contributed by atoms with Crippen molar-refractivity contribution in [3.63, 3.8) is 0 Å². The molecule has 2 heterocycles. The Hall–Kier alpha value is -1.09. The second-order valence-electron chi connectivity index (χ2n) is 2.44. The minimum atomic E-state index is 0.410. The third-order valence-corrected chi connectivity index (χ3v) is 1.85. The van der Waals surface area contributed by atoms with Crippen molar-refractivity contribution in [3.05, 3.63) is 29.7 Å². The maximum Gasteiger partial charge on any atom is 0.155 e. The molecule has 0 bridgehead atoms. The molecule has 0 saturated carbocycles. The molecule has 0 spiro atoms. The van der Waals surface area contributed by atoms with Crippen LogP contribution in [0.1, 0.15) is 0 Å². The zero-order valence-corrected chi connectivity index (χ0v) is 6.92. The molecule has 0 amide bonds. The minimum Gasteiger partial charge on any atom is -0.254 e. The minimum absolute atomic E-state index is 0.410. The van der Waals surface area contributed by atoms with Gasteiger partial charge in [-0.1, -0.05) is 23.1 Å². The lowest BCUT2D eigenvalue weighted by Crippen LogP contribution is -2.02. The first kappa shape index (κ1) is 7.56. The number of pyridine rings is 2. The molecule has 0 fully saturated rings. The molecule has 0 aromatic carbocycles. The van der Waals surface area contributed by atoms with Crippen molar-refractivity contribution < 1.29 is 0 Å². The molecule has 2 nitrogen and oxygen atoms in total. The monoisotopic (exact) mass is 174 g/mol. The van der Waals surface area contributed by atoms with E-state index in [1.54, 1.807) is 12.4 Å².